The Morgan fingerprint density at radius 2 is 2.19 bits per heavy atom. The molecule has 0 N–H and O–H groups in total. The van der Waals surface area contributed by atoms with Crippen LogP contribution in [0.2, 0.25) is 0 Å². The number of non-ortho nitro benzene ring substituents is 1. The summed E-state index contributed by atoms with van der Waals surface area (Å²) in [6.45, 7) is 0.0532. The normalized spacial score (nSPS) is 10.9. The topological polar surface area (TPSA) is 78.0 Å². The molecule has 3 rings (SSSR count). The third kappa shape index (κ3) is 2.72. The summed E-state index contributed by atoms with van der Waals surface area (Å²) in [6.07, 6.45) is 1.59. The molecule has 2 heterocycles. The van der Waals surface area contributed by atoms with Crippen LogP contribution in [0.3, 0.4) is 0 Å². The highest BCUT2D eigenvalue weighted by Gasteiger charge is 2.14. The fourth-order valence-electron chi connectivity index (χ4n) is 1.98. The van der Waals surface area contributed by atoms with Crippen LogP contribution in [0.5, 0.6) is 0 Å². The lowest BCUT2D eigenvalue weighted by Gasteiger charge is -2.01. The lowest BCUT2D eigenvalue weighted by Crippen LogP contribution is -2.10. The minimum Gasteiger partial charge on any atom is -0.291 e. The van der Waals surface area contributed by atoms with Gasteiger partial charge in [-0.1, -0.05) is 0 Å². The van der Waals surface area contributed by atoms with Gasteiger partial charge < -0.3 is 0 Å². The summed E-state index contributed by atoms with van der Waals surface area (Å²) in [4.78, 5) is 23.2. The van der Waals surface area contributed by atoms with Crippen LogP contribution in [0.1, 0.15) is 9.67 Å². The van der Waals surface area contributed by atoms with Gasteiger partial charge in [0.15, 0.2) is 5.78 Å². The Morgan fingerprint density at radius 3 is 2.86 bits per heavy atom. The Kier molecular flexibility index (Phi) is 3.56. The molecule has 0 aliphatic rings. The fourth-order valence-corrected chi connectivity index (χ4v) is 3.29. The van der Waals surface area contributed by atoms with Gasteiger partial charge in [-0.2, -0.15) is 5.10 Å². The van der Waals surface area contributed by atoms with Gasteiger partial charge in [-0.15, -0.1) is 11.3 Å². The third-order valence-corrected chi connectivity index (χ3v) is 4.65. The standard InChI is InChI=1S/C13H8BrN3O3S/c14-13-4-3-12(21-13)11(18)7-16-10-5-9(17(19)20)2-1-8(10)6-15-16/h1-6H,7H2. The molecule has 6 nitrogen and oxygen atoms in total. The van der Waals surface area contributed by atoms with E-state index in [0.717, 1.165) is 9.17 Å². The summed E-state index contributed by atoms with van der Waals surface area (Å²) in [5.74, 6) is -0.0813. The second-order valence-electron chi connectivity index (χ2n) is 4.33. The van der Waals surface area contributed by atoms with Gasteiger partial charge in [-0.05, 0) is 34.1 Å². The number of benzene rings is 1. The first-order chi connectivity index (χ1) is 10.0. The van der Waals surface area contributed by atoms with Gasteiger partial charge in [0.05, 0.1) is 25.3 Å². The molecule has 0 aliphatic heterocycles. The monoisotopic (exact) mass is 365 g/mol. The van der Waals surface area contributed by atoms with Crippen molar-refractivity contribution in [1.82, 2.24) is 9.78 Å². The average molecular weight is 366 g/mol. The summed E-state index contributed by atoms with van der Waals surface area (Å²) in [5, 5.41) is 15.7. The minimum absolute atomic E-state index is 0.0180. The van der Waals surface area contributed by atoms with Crippen LogP contribution in [0.15, 0.2) is 40.3 Å². The molecule has 3 aromatic rings. The number of nitrogens with zero attached hydrogens (tertiary/aromatic N) is 3. The maximum Gasteiger partial charge on any atom is 0.271 e. The number of thiophene rings is 1. The van der Waals surface area contributed by atoms with E-state index in [1.54, 1.807) is 18.3 Å². The zero-order valence-corrected chi connectivity index (χ0v) is 12.9. The predicted molar refractivity (Wildman–Crippen MR) is 82.7 cm³/mol. The van der Waals surface area contributed by atoms with Crippen molar-refractivity contribution in [1.29, 1.82) is 0 Å². The molecule has 0 saturated carbocycles. The molecular weight excluding hydrogens is 358 g/mol. The van der Waals surface area contributed by atoms with Gasteiger partial charge >= 0.3 is 0 Å². The number of nitro benzene ring substituents is 1. The highest BCUT2D eigenvalue weighted by atomic mass is 79.9. The number of rotatable bonds is 4. The number of hydrogen-bond acceptors (Lipinski definition) is 5. The van der Waals surface area contributed by atoms with Gasteiger partial charge in [-0.3, -0.25) is 19.6 Å². The molecule has 1 aromatic carbocycles. The van der Waals surface area contributed by atoms with Gasteiger partial charge in [0, 0.05) is 17.5 Å². The van der Waals surface area contributed by atoms with Gasteiger partial charge in [0.2, 0.25) is 0 Å². The lowest BCUT2D eigenvalue weighted by atomic mass is 10.2. The molecule has 0 atom stereocenters. The van der Waals surface area contributed by atoms with Crippen LogP contribution < -0.4 is 0 Å². The number of ketones is 1. The summed E-state index contributed by atoms with van der Waals surface area (Å²) < 4.78 is 2.37. The number of fused-ring (bicyclic) bond motifs is 1. The second-order valence-corrected chi connectivity index (χ2v) is 6.79. The van der Waals surface area contributed by atoms with Crippen molar-refractivity contribution in [2.24, 2.45) is 0 Å². The molecule has 2 aromatic heterocycles. The Hall–Kier alpha value is -2.06. The van der Waals surface area contributed by atoms with E-state index in [1.807, 2.05) is 6.07 Å². The highest BCUT2D eigenvalue weighted by molar-refractivity contribution is 9.11. The van der Waals surface area contributed by atoms with E-state index in [-0.39, 0.29) is 18.0 Å². The molecule has 8 heteroatoms. The first kappa shape index (κ1) is 13.9. The quantitative estimate of drug-likeness (QED) is 0.401. The number of carbonyl (C=O) groups is 1. The van der Waals surface area contributed by atoms with E-state index in [4.69, 9.17) is 0 Å². The van der Waals surface area contributed by atoms with Crippen LogP contribution in [0.4, 0.5) is 5.69 Å². The van der Waals surface area contributed by atoms with Crippen LogP contribution in [0.25, 0.3) is 10.9 Å². The van der Waals surface area contributed by atoms with Crippen LogP contribution >= 0.6 is 27.3 Å². The van der Waals surface area contributed by atoms with E-state index >= 15 is 0 Å². The molecule has 0 fully saturated rings. The first-order valence-corrected chi connectivity index (χ1v) is 7.54. The van der Waals surface area contributed by atoms with Crippen LogP contribution in [-0.2, 0) is 6.54 Å². The van der Waals surface area contributed by atoms with Gasteiger partial charge in [0.25, 0.3) is 5.69 Å². The number of nitro groups is 1. The van der Waals surface area contributed by atoms with Crippen molar-refractivity contribution in [2.75, 3.05) is 0 Å². The van der Waals surface area contributed by atoms with Crippen molar-refractivity contribution in [3.63, 3.8) is 0 Å². The zero-order chi connectivity index (χ0) is 15.0. The molecular formula is C13H8BrN3O3S. The molecule has 106 valence electrons. The van der Waals surface area contributed by atoms with E-state index in [2.05, 4.69) is 21.0 Å². The number of halogens is 1. The van der Waals surface area contributed by atoms with Crippen molar-refractivity contribution < 1.29 is 9.72 Å². The number of hydrogen-bond donors (Lipinski definition) is 0. The van der Waals surface area contributed by atoms with Gasteiger partial charge in [0.1, 0.15) is 6.54 Å². The van der Waals surface area contributed by atoms with Crippen LogP contribution in [0, 0.1) is 10.1 Å². The molecule has 0 saturated heterocycles. The minimum atomic E-state index is -0.463. The van der Waals surface area contributed by atoms with Crippen LogP contribution in [-0.4, -0.2) is 20.5 Å². The molecule has 0 amide bonds. The largest absolute Gasteiger partial charge is 0.291 e. The molecule has 0 aliphatic carbocycles. The van der Waals surface area contributed by atoms with Crippen molar-refractivity contribution >= 4 is 49.6 Å². The SMILES string of the molecule is O=C(Cn1ncc2ccc([N+](=O)[O-])cc21)c1ccc(Br)s1. The Morgan fingerprint density at radius 1 is 1.38 bits per heavy atom. The Balaban J connectivity index is 1.95. The van der Waals surface area contributed by atoms with E-state index in [1.165, 1.54) is 28.2 Å². The molecule has 0 unspecified atom stereocenters. The molecule has 0 radical (unpaired) electrons. The lowest BCUT2D eigenvalue weighted by molar-refractivity contribution is -0.384. The summed E-state index contributed by atoms with van der Waals surface area (Å²) in [5.41, 5.74) is 0.559. The molecule has 0 spiro atoms. The highest BCUT2D eigenvalue weighted by Crippen LogP contribution is 2.24. The fraction of sp³-hybridized carbons (Fsp3) is 0.0769. The van der Waals surface area contributed by atoms with E-state index in [9.17, 15) is 14.9 Å². The van der Waals surface area contributed by atoms with Crippen molar-refractivity contribution in [3.05, 3.63) is 55.3 Å². The smallest absolute Gasteiger partial charge is 0.271 e. The predicted octanol–water partition coefficient (Wildman–Crippen LogP) is 3.65. The zero-order valence-electron chi connectivity index (χ0n) is 10.5. The average Bonchev–Trinajstić information content (AvgIpc) is 3.05. The maximum absolute atomic E-state index is 12.2. The van der Waals surface area contributed by atoms with E-state index in [0.29, 0.717) is 10.4 Å². The van der Waals surface area contributed by atoms with E-state index < -0.39 is 4.92 Å². The number of Topliss-reactive ketones (excluding diaryl/α,β-unsaturated/α-hetero) is 1. The van der Waals surface area contributed by atoms with Crippen molar-refractivity contribution in [2.45, 2.75) is 6.54 Å². The summed E-state index contributed by atoms with van der Waals surface area (Å²) in [6, 6.07) is 8.03. The first-order valence-electron chi connectivity index (χ1n) is 5.93. The number of carbonyl (C=O) groups excluding carboxylic acids is 1. The maximum atomic E-state index is 12.2. The summed E-state index contributed by atoms with van der Waals surface area (Å²) in [7, 11) is 0. The molecule has 0 bridgehead atoms. The van der Waals surface area contributed by atoms with Crippen molar-refractivity contribution in [3.8, 4) is 0 Å². The Bertz CT molecular complexity index is 855. The van der Waals surface area contributed by atoms with Gasteiger partial charge in [-0.25, -0.2) is 0 Å². The third-order valence-electron chi connectivity index (χ3n) is 2.98. The Labute approximate surface area is 131 Å². The second kappa shape index (κ2) is 5.38. The molecule has 21 heavy (non-hydrogen) atoms. The number of aromatic nitrogens is 2. The summed E-state index contributed by atoms with van der Waals surface area (Å²) >= 11 is 4.66.